The topological polar surface area (TPSA) is 32.3 Å². The lowest BCUT2D eigenvalue weighted by Gasteiger charge is -2.27. The third kappa shape index (κ3) is 4.47. The number of alkyl halides is 3. The molecule has 128 valence electrons. The number of hydrogen-bond acceptors (Lipinski definition) is 2. The molecule has 1 aromatic rings. The number of nitrogens with one attached hydrogen (secondary N) is 1. The molecule has 0 spiro atoms. The molecular weight excluding hydrogens is 305 g/mol. The number of nitrogens with zero attached hydrogens (tertiary/aromatic N) is 1. The average Bonchev–Trinajstić information content (AvgIpc) is 2.94. The number of carbonyl (C=O) groups excluding carboxylic acids is 1. The zero-order valence-corrected chi connectivity index (χ0v) is 13.5. The van der Waals surface area contributed by atoms with Crippen molar-refractivity contribution in [1.82, 2.24) is 10.2 Å². The van der Waals surface area contributed by atoms with E-state index in [9.17, 15) is 18.0 Å². The van der Waals surface area contributed by atoms with E-state index in [1.165, 1.54) is 6.07 Å². The Morgan fingerprint density at radius 3 is 2.83 bits per heavy atom. The molecule has 2 unspecified atom stereocenters. The van der Waals surface area contributed by atoms with Gasteiger partial charge in [-0.2, -0.15) is 13.2 Å². The Bertz CT molecular complexity index is 545. The Morgan fingerprint density at radius 2 is 2.17 bits per heavy atom. The third-order valence-corrected chi connectivity index (χ3v) is 4.32. The second-order valence-corrected chi connectivity index (χ2v) is 6.19. The second kappa shape index (κ2) is 7.34. The highest BCUT2D eigenvalue weighted by atomic mass is 19.4. The van der Waals surface area contributed by atoms with Crippen LogP contribution in [0.5, 0.6) is 0 Å². The van der Waals surface area contributed by atoms with Crippen LogP contribution in [-0.4, -0.2) is 37.0 Å². The number of rotatable bonds is 5. The predicted molar refractivity (Wildman–Crippen MR) is 83.0 cm³/mol. The van der Waals surface area contributed by atoms with Crippen LogP contribution in [0.2, 0.25) is 0 Å². The van der Waals surface area contributed by atoms with E-state index in [0.717, 1.165) is 38.1 Å². The van der Waals surface area contributed by atoms with Crippen molar-refractivity contribution in [3.8, 4) is 0 Å². The van der Waals surface area contributed by atoms with Crippen LogP contribution >= 0.6 is 0 Å². The summed E-state index contributed by atoms with van der Waals surface area (Å²) in [4.78, 5) is 14.5. The van der Waals surface area contributed by atoms with Gasteiger partial charge in [0.25, 0.3) is 0 Å². The van der Waals surface area contributed by atoms with Crippen molar-refractivity contribution in [3.63, 3.8) is 0 Å². The number of carbonyl (C=O) groups is 1. The van der Waals surface area contributed by atoms with E-state index in [-0.39, 0.29) is 17.9 Å². The quantitative estimate of drug-likeness (QED) is 0.901. The number of likely N-dealkylation sites (N-methyl/N-ethyl adjacent to an activating group) is 1. The van der Waals surface area contributed by atoms with Gasteiger partial charge in [-0.15, -0.1) is 0 Å². The van der Waals surface area contributed by atoms with Gasteiger partial charge < -0.3 is 10.2 Å². The largest absolute Gasteiger partial charge is 0.416 e. The Balaban J connectivity index is 2.04. The number of amides is 1. The predicted octanol–water partition coefficient (Wildman–Crippen LogP) is 3.09. The molecular formula is C17H23F3N2O. The van der Waals surface area contributed by atoms with Gasteiger partial charge in [0, 0.05) is 25.0 Å². The van der Waals surface area contributed by atoms with Crippen LogP contribution in [0.25, 0.3) is 0 Å². The van der Waals surface area contributed by atoms with Gasteiger partial charge in [0.2, 0.25) is 5.91 Å². The summed E-state index contributed by atoms with van der Waals surface area (Å²) in [5.41, 5.74) is -0.117. The van der Waals surface area contributed by atoms with E-state index >= 15 is 0 Å². The Morgan fingerprint density at radius 1 is 1.43 bits per heavy atom. The van der Waals surface area contributed by atoms with Crippen molar-refractivity contribution in [1.29, 1.82) is 0 Å². The summed E-state index contributed by atoms with van der Waals surface area (Å²) in [5, 5.41) is 3.09. The summed E-state index contributed by atoms with van der Waals surface area (Å²) in [5.74, 6) is -0.295. The summed E-state index contributed by atoms with van der Waals surface area (Å²) >= 11 is 0. The van der Waals surface area contributed by atoms with Gasteiger partial charge in [-0.3, -0.25) is 4.79 Å². The summed E-state index contributed by atoms with van der Waals surface area (Å²) in [6.07, 6.45) is -2.07. The van der Waals surface area contributed by atoms with Crippen LogP contribution in [-0.2, 0) is 17.4 Å². The number of likely N-dealkylation sites (tertiary alicyclic amines) is 1. The average molecular weight is 328 g/mol. The van der Waals surface area contributed by atoms with Gasteiger partial charge in [0.1, 0.15) is 0 Å². The molecule has 1 N–H and O–H groups in total. The van der Waals surface area contributed by atoms with Gasteiger partial charge in [-0.1, -0.05) is 25.1 Å². The molecule has 1 saturated heterocycles. The third-order valence-electron chi connectivity index (χ3n) is 4.32. The second-order valence-electron chi connectivity index (χ2n) is 6.19. The zero-order valence-electron chi connectivity index (χ0n) is 13.5. The first kappa shape index (κ1) is 17.8. The number of hydrogen-bond donors (Lipinski definition) is 1. The van der Waals surface area contributed by atoms with Crippen LogP contribution in [0, 0.1) is 5.92 Å². The van der Waals surface area contributed by atoms with Crippen molar-refractivity contribution in [2.75, 3.05) is 20.1 Å². The molecule has 1 aliphatic rings. The van der Waals surface area contributed by atoms with Gasteiger partial charge in [0.05, 0.1) is 5.56 Å². The van der Waals surface area contributed by atoms with Gasteiger partial charge >= 0.3 is 6.18 Å². The zero-order chi connectivity index (χ0) is 17.0. The molecule has 0 saturated carbocycles. The fourth-order valence-electron chi connectivity index (χ4n) is 3.17. The van der Waals surface area contributed by atoms with Crippen molar-refractivity contribution < 1.29 is 18.0 Å². The van der Waals surface area contributed by atoms with E-state index in [0.29, 0.717) is 12.0 Å². The molecule has 2 atom stereocenters. The smallest absolute Gasteiger partial charge is 0.338 e. The molecule has 23 heavy (non-hydrogen) atoms. The first-order valence-electron chi connectivity index (χ1n) is 7.94. The van der Waals surface area contributed by atoms with E-state index < -0.39 is 11.7 Å². The minimum Gasteiger partial charge on any atom is -0.338 e. The van der Waals surface area contributed by atoms with Gasteiger partial charge in [-0.25, -0.2) is 0 Å². The molecule has 1 aliphatic heterocycles. The van der Waals surface area contributed by atoms with Crippen molar-refractivity contribution in [2.45, 2.75) is 38.4 Å². The normalized spacial score (nSPS) is 19.9. The van der Waals surface area contributed by atoms with E-state index in [2.05, 4.69) is 5.32 Å². The Hall–Kier alpha value is -1.56. The fraction of sp³-hybridized carbons (Fsp3) is 0.588. The van der Waals surface area contributed by atoms with Crippen LogP contribution in [0.1, 0.15) is 30.9 Å². The number of benzene rings is 1. The minimum atomic E-state index is -4.35. The molecule has 1 amide bonds. The van der Waals surface area contributed by atoms with Crippen molar-refractivity contribution in [3.05, 3.63) is 35.4 Å². The standard InChI is InChI=1S/C17H23F3N2O/c1-12(16(23)22-8-4-7-15(22)11-21-2)9-13-5-3-6-14(10-13)17(18,19)20/h3,5-6,10,12,15,21H,4,7-9,11H2,1-2H3. The highest BCUT2D eigenvalue weighted by Gasteiger charge is 2.32. The van der Waals surface area contributed by atoms with Crippen LogP contribution in [0.15, 0.2) is 24.3 Å². The summed E-state index contributed by atoms with van der Waals surface area (Å²) in [6.45, 7) is 3.28. The molecule has 1 fully saturated rings. The SMILES string of the molecule is CNCC1CCCN1C(=O)C(C)Cc1cccc(C(F)(F)F)c1. The fourth-order valence-corrected chi connectivity index (χ4v) is 3.17. The minimum absolute atomic E-state index is 0.0279. The van der Waals surface area contributed by atoms with Crippen molar-refractivity contribution in [2.24, 2.45) is 5.92 Å². The van der Waals surface area contributed by atoms with E-state index in [1.54, 1.807) is 13.0 Å². The Labute approximate surface area is 134 Å². The lowest BCUT2D eigenvalue weighted by Crippen LogP contribution is -2.43. The summed E-state index contributed by atoms with van der Waals surface area (Å²) in [7, 11) is 1.85. The molecule has 6 heteroatoms. The monoisotopic (exact) mass is 328 g/mol. The maximum atomic E-state index is 12.8. The maximum absolute atomic E-state index is 12.8. The molecule has 0 radical (unpaired) electrons. The summed E-state index contributed by atoms with van der Waals surface area (Å²) < 4.78 is 38.3. The molecule has 1 aromatic carbocycles. The van der Waals surface area contributed by atoms with Crippen LogP contribution in [0.3, 0.4) is 0 Å². The number of halogens is 3. The first-order valence-corrected chi connectivity index (χ1v) is 7.94. The lowest BCUT2D eigenvalue weighted by molar-refractivity contribution is -0.137. The highest BCUT2D eigenvalue weighted by Crippen LogP contribution is 2.30. The van der Waals surface area contributed by atoms with E-state index in [1.807, 2.05) is 11.9 Å². The van der Waals surface area contributed by atoms with Gasteiger partial charge in [0.15, 0.2) is 0 Å². The molecule has 0 bridgehead atoms. The van der Waals surface area contributed by atoms with Gasteiger partial charge in [-0.05, 0) is 37.9 Å². The van der Waals surface area contributed by atoms with E-state index in [4.69, 9.17) is 0 Å². The maximum Gasteiger partial charge on any atom is 0.416 e. The lowest BCUT2D eigenvalue weighted by atomic mass is 9.98. The van der Waals surface area contributed by atoms with Crippen molar-refractivity contribution >= 4 is 5.91 Å². The molecule has 0 aliphatic carbocycles. The molecule has 0 aromatic heterocycles. The molecule has 3 nitrogen and oxygen atoms in total. The highest BCUT2D eigenvalue weighted by molar-refractivity contribution is 5.79. The molecule has 1 heterocycles. The first-order chi connectivity index (χ1) is 10.8. The van der Waals surface area contributed by atoms with Crippen LogP contribution in [0.4, 0.5) is 13.2 Å². The Kier molecular flexibility index (Phi) is 5.68. The molecule has 2 rings (SSSR count). The summed E-state index contributed by atoms with van der Waals surface area (Å²) in [6, 6.07) is 5.43. The van der Waals surface area contributed by atoms with Crippen LogP contribution < -0.4 is 5.32 Å².